The van der Waals surface area contributed by atoms with Crippen LogP contribution in [0.15, 0.2) is 35.9 Å². The number of carbonyl (C=O) groups is 1. The zero-order chi connectivity index (χ0) is 13.2. The Morgan fingerprint density at radius 1 is 1.17 bits per heavy atom. The Bertz CT molecular complexity index is 468. The third-order valence-electron chi connectivity index (χ3n) is 3.78. The zero-order valence-corrected chi connectivity index (χ0v) is 11.2. The van der Waals surface area contributed by atoms with Gasteiger partial charge in [-0.3, -0.25) is 4.79 Å². The summed E-state index contributed by atoms with van der Waals surface area (Å²) in [5, 5.41) is 0. The summed E-state index contributed by atoms with van der Waals surface area (Å²) in [5.74, 6) is 0.256. The van der Waals surface area contributed by atoms with E-state index in [1.807, 2.05) is 38.1 Å². The Morgan fingerprint density at radius 3 is 2.39 bits per heavy atom. The van der Waals surface area contributed by atoms with Crippen LogP contribution in [0.5, 0.6) is 0 Å². The third kappa shape index (κ3) is 2.47. The second-order valence-electron chi connectivity index (χ2n) is 5.55. The second-order valence-corrected chi connectivity index (χ2v) is 5.55. The van der Waals surface area contributed by atoms with Crippen molar-refractivity contribution in [3.8, 4) is 0 Å². The summed E-state index contributed by atoms with van der Waals surface area (Å²) < 4.78 is 0. The van der Waals surface area contributed by atoms with Gasteiger partial charge < -0.3 is 5.73 Å². The molecule has 2 heteroatoms. The van der Waals surface area contributed by atoms with Crippen LogP contribution in [0.1, 0.15) is 45.1 Å². The molecule has 0 unspecified atom stereocenters. The smallest absolute Gasteiger partial charge is 0.168 e. The fourth-order valence-corrected chi connectivity index (χ4v) is 2.48. The minimum atomic E-state index is -0.461. The van der Waals surface area contributed by atoms with E-state index in [9.17, 15) is 4.79 Å². The number of carbonyl (C=O) groups excluding carboxylic acids is 1. The average Bonchev–Trinajstić information content (AvgIpc) is 2.39. The van der Waals surface area contributed by atoms with E-state index in [4.69, 9.17) is 5.73 Å². The minimum absolute atomic E-state index is 0.256. The second kappa shape index (κ2) is 4.97. The van der Waals surface area contributed by atoms with Crippen LogP contribution in [0.2, 0.25) is 0 Å². The average molecular weight is 243 g/mol. The number of nitrogens with two attached hydrogens (primary N) is 1. The Balaban J connectivity index is 2.27. The molecule has 0 saturated heterocycles. The van der Waals surface area contributed by atoms with Gasteiger partial charge in [-0.2, -0.15) is 0 Å². The predicted molar refractivity (Wildman–Crippen MR) is 75.4 cm³/mol. The molecule has 0 spiro atoms. The van der Waals surface area contributed by atoms with Crippen molar-refractivity contribution in [1.82, 2.24) is 0 Å². The van der Waals surface area contributed by atoms with Gasteiger partial charge in [0.25, 0.3) is 0 Å². The van der Waals surface area contributed by atoms with Crippen LogP contribution in [0, 0.1) is 0 Å². The van der Waals surface area contributed by atoms with Crippen LogP contribution in [0.4, 0.5) is 5.69 Å². The van der Waals surface area contributed by atoms with Gasteiger partial charge in [-0.15, -0.1) is 0 Å². The Hall–Kier alpha value is -1.57. The summed E-state index contributed by atoms with van der Waals surface area (Å²) in [7, 11) is 0. The van der Waals surface area contributed by atoms with Crippen LogP contribution < -0.4 is 5.73 Å². The lowest BCUT2D eigenvalue weighted by Gasteiger charge is -2.26. The monoisotopic (exact) mass is 243 g/mol. The molecule has 96 valence electrons. The lowest BCUT2D eigenvalue weighted by molar-refractivity contribution is -0.120. The summed E-state index contributed by atoms with van der Waals surface area (Å²) in [4.78, 5) is 12.6. The molecule has 0 heterocycles. The molecule has 2 N–H and O–H groups in total. The van der Waals surface area contributed by atoms with Crippen molar-refractivity contribution >= 4 is 11.5 Å². The topological polar surface area (TPSA) is 43.1 Å². The maximum atomic E-state index is 12.6. The van der Waals surface area contributed by atoms with E-state index in [2.05, 4.69) is 6.08 Å². The molecule has 0 saturated carbocycles. The lowest BCUT2D eigenvalue weighted by Crippen LogP contribution is -2.31. The van der Waals surface area contributed by atoms with Crippen molar-refractivity contribution in [1.29, 1.82) is 0 Å². The van der Waals surface area contributed by atoms with Crippen molar-refractivity contribution in [3.63, 3.8) is 0 Å². The molecule has 0 atom stereocenters. The number of rotatable bonds is 3. The summed E-state index contributed by atoms with van der Waals surface area (Å²) >= 11 is 0. The summed E-state index contributed by atoms with van der Waals surface area (Å²) in [6, 6.07) is 7.63. The van der Waals surface area contributed by atoms with Gasteiger partial charge in [0.05, 0.1) is 5.41 Å². The highest BCUT2D eigenvalue weighted by Gasteiger charge is 2.32. The molecule has 1 aliphatic carbocycles. The van der Waals surface area contributed by atoms with Gasteiger partial charge >= 0.3 is 0 Å². The van der Waals surface area contributed by atoms with E-state index < -0.39 is 5.41 Å². The molecule has 1 aromatic carbocycles. The fraction of sp³-hybridized carbons (Fsp3) is 0.438. The Morgan fingerprint density at radius 2 is 1.83 bits per heavy atom. The van der Waals surface area contributed by atoms with Crippen LogP contribution in [-0.2, 0) is 10.2 Å². The number of Topliss-reactive ketones (excluding diaryl/α,β-unsaturated/α-hetero) is 1. The molecular formula is C16H21NO. The molecule has 0 aromatic heterocycles. The van der Waals surface area contributed by atoms with E-state index in [0.29, 0.717) is 0 Å². The maximum absolute atomic E-state index is 12.6. The number of nitrogen functional groups attached to an aromatic ring is 1. The summed E-state index contributed by atoms with van der Waals surface area (Å²) in [5.41, 5.74) is 8.00. The molecule has 2 rings (SSSR count). The van der Waals surface area contributed by atoms with E-state index in [1.54, 1.807) is 0 Å². The molecule has 1 aromatic rings. The lowest BCUT2D eigenvalue weighted by atomic mass is 9.76. The maximum Gasteiger partial charge on any atom is 0.168 e. The van der Waals surface area contributed by atoms with Gasteiger partial charge in [0, 0.05) is 5.69 Å². The van der Waals surface area contributed by atoms with Crippen LogP contribution in [0.25, 0.3) is 0 Å². The minimum Gasteiger partial charge on any atom is -0.399 e. The first-order valence-electron chi connectivity index (χ1n) is 6.61. The molecule has 0 amide bonds. The quantitative estimate of drug-likeness (QED) is 0.824. The molecule has 0 fully saturated rings. The molecule has 0 aliphatic heterocycles. The third-order valence-corrected chi connectivity index (χ3v) is 3.78. The zero-order valence-electron chi connectivity index (χ0n) is 11.2. The van der Waals surface area contributed by atoms with Crippen molar-refractivity contribution in [3.05, 3.63) is 41.5 Å². The Kier molecular flexibility index (Phi) is 3.55. The summed E-state index contributed by atoms with van der Waals surface area (Å²) in [6.07, 6.45) is 6.43. The number of benzene rings is 1. The molecule has 2 nitrogen and oxygen atoms in total. The summed E-state index contributed by atoms with van der Waals surface area (Å²) in [6.45, 7) is 3.99. The predicted octanol–water partition coefficient (Wildman–Crippen LogP) is 3.62. The van der Waals surface area contributed by atoms with Gasteiger partial charge in [-0.25, -0.2) is 0 Å². The Labute approximate surface area is 109 Å². The van der Waals surface area contributed by atoms with E-state index >= 15 is 0 Å². The fourth-order valence-electron chi connectivity index (χ4n) is 2.48. The van der Waals surface area contributed by atoms with Gasteiger partial charge in [-0.1, -0.05) is 18.2 Å². The normalized spacial score (nSPS) is 16.2. The molecule has 0 radical (unpaired) electrons. The highest BCUT2D eigenvalue weighted by atomic mass is 16.1. The largest absolute Gasteiger partial charge is 0.399 e. The number of ketones is 1. The first-order chi connectivity index (χ1) is 8.51. The van der Waals surface area contributed by atoms with Crippen molar-refractivity contribution < 1.29 is 4.79 Å². The van der Waals surface area contributed by atoms with E-state index in [-0.39, 0.29) is 5.78 Å². The van der Waals surface area contributed by atoms with Crippen LogP contribution >= 0.6 is 0 Å². The van der Waals surface area contributed by atoms with Gasteiger partial charge in [0.15, 0.2) is 5.78 Å². The molecule has 18 heavy (non-hydrogen) atoms. The number of hydrogen-bond acceptors (Lipinski definition) is 2. The van der Waals surface area contributed by atoms with Crippen molar-refractivity contribution in [2.24, 2.45) is 0 Å². The van der Waals surface area contributed by atoms with Gasteiger partial charge in [0.2, 0.25) is 0 Å². The first-order valence-corrected chi connectivity index (χ1v) is 6.61. The highest BCUT2D eigenvalue weighted by Crippen LogP contribution is 2.31. The number of allylic oxidation sites excluding steroid dienone is 2. The SMILES string of the molecule is CC(C)(C(=O)C1=CCCCC1)c1ccc(N)cc1. The molecule has 1 aliphatic rings. The van der Waals surface area contributed by atoms with Crippen molar-refractivity contribution in [2.75, 3.05) is 5.73 Å². The van der Waals surface area contributed by atoms with Gasteiger partial charge in [-0.05, 0) is 62.8 Å². The number of hydrogen-bond donors (Lipinski definition) is 1. The van der Waals surface area contributed by atoms with Crippen LogP contribution in [-0.4, -0.2) is 5.78 Å². The number of anilines is 1. The highest BCUT2D eigenvalue weighted by molar-refractivity contribution is 6.03. The van der Waals surface area contributed by atoms with Crippen molar-refractivity contribution in [2.45, 2.75) is 44.9 Å². The van der Waals surface area contributed by atoms with Gasteiger partial charge in [0.1, 0.15) is 0 Å². The van der Waals surface area contributed by atoms with Crippen LogP contribution in [0.3, 0.4) is 0 Å². The standard InChI is InChI=1S/C16H21NO/c1-16(2,13-8-10-14(17)11-9-13)15(18)12-6-4-3-5-7-12/h6,8-11H,3-5,7,17H2,1-2H3. The first kappa shape index (κ1) is 12.9. The molecular weight excluding hydrogens is 222 g/mol. The molecule has 0 bridgehead atoms. The van der Waals surface area contributed by atoms with E-state index in [0.717, 1.165) is 36.1 Å². The van der Waals surface area contributed by atoms with E-state index in [1.165, 1.54) is 6.42 Å².